The molecule has 0 aromatic heterocycles. The fourth-order valence-corrected chi connectivity index (χ4v) is 2.39. The first-order valence-corrected chi connectivity index (χ1v) is 6.97. The number of ether oxygens (including phenoxy) is 2. The summed E-state index contributed by atoms with van der Waals surface area (Å²) in [7, 11) is 2.98. The number of methoxy groups -OCH3 is 2. The number of hydrogen-bond acceptors (Lipinski definition) is 4. The highest BCUT2D eigenvalue weighted by Gasteiger charge is 2.25. The van der Waals surface area contributed by atoms with Crippen LogP contribution in [0.1, 0.15) is 6.92 Å². The summed E-state index contributed by atoms with van der Waals surface area (Å²) in [6.45, 7) is 4.42. The molecule has 1 fully saturated rings. The van der Waals surface area contributed by atoms with Crippen molar-refractivity contribution < 1.29 is 18.7 Å². The maximum absolute atomic E-state index is 13.4. The molecule has 1 aromatic rings. The minimum atomic E-state index is -0.414. The number of rotatable bonds is 4. The van der Waals surface area contributed by atoms with Gasteiger partial charge in [0.05, 0.1) is 7.11 Å². The fourth-order valence-electron chi connectivity index (χ4n) is 2.39. The predicted molar refractivity (Wildman–Crippen MR) is 78.2 cm³/mol. The number of amides is 1. The number of carbonyl (C=O) groups excluding carboxylic acids is 1. The van der Waals surface area contributed by atoms with E-state index in [1.807, 2.05) is 0 Å². The Kier molecular flexibility index (Phi) is 5.01. The van der Waals surface area contributed by atoms with Gasteiger partial charge >= 0.3 is 0 Å². The lowest BCUT2D eigenvalue weighted by Crippen LogP contribution is -2.51. The normalized spacial score (nSPS) is 16.8. The molecule has 1 amide bonds. The molecule has 1 atom stereocenters. The highest BCUT2D eigenvalue weighted by Crippen LogP contribution is 2.25. The van der Waals surface area contributed by atoms with E-state index in [9.17, 15) is 9.18 Å². The van der Waals surface area contributed by atoms with E-state index in [4.69, 9.17) is 9.47 Å². The molecule has 0 aliphatic carbocycles. The molecule has 0 spiro atoms. The van der Waals surface area contributed by atoms with Gasteiger partial charge in [-0.1, -0.05) is 0 Å². The van der Waals surface area contributed by atoms with Gasteiger partial charge in [-0.15, -0.1) is 0 Å². The maximum atomic E-state index is 13.4. The first kappa shape index (κ1) is 15.6. The van der Waals surface area contributed by atoms with Gasteiger partial charge in [0.1, 0.15) is 6.10 Å². The van der Waals surface area contributed by atoms with Gasteiger partial charge in [0.15, 0.2) is 11.6 Å². The number of carbonyl (C=O) groups is 1. The Morgan fingerprint density at radius 3 is 2.48 bits per heavy atom. The standard InChI is InChI=1S/C15H21FN2O3/c1-11(20-2)15(19)18-8-6-17(7-9-18)12-4-5-13(16)14(10-12)21-3/h4-5,10-11H,6-9H2,1-3H3. The minimum absolute atomic E-state index is 0.00818. The molecule has 1 aliphatic heterocycles. The van der Waals surface area contributed by atoms with Crippen LogP contribution in [-0.2, 0) is 9.53 Å². The van der Waals surface area contributed by atoms with E-state index in [1.165, 1.54) is 20.3 Å². The van der Waals surface area contributed by atoms with Crippen LogP contribution in [0.25, 0.3) is 0 Å². The molecule has 1 saturated heterocycles. The Hall–Kier alpha value is -1.82. The van der Waals surface area contributed by atoms with Crippen molar-refractivity contribution in [1.82, 2.24) is 4.90 Å². The summed E-state index contributed by atoms with van der Waals surface area (Å²) in [5.74, 6) is -0.128. The number of anilines is 1. The second kappa shape index (κ2) is 6.76. The van der Waals surface area contributed by atoms with Gasteiger partial charge in [0.2, 0.25) is 0 Å². The average molecular weight is 296 g/mol. The van der Waals surface area contributed by atoms with E-state index in [0.717, 1.165) is 5.69 Å². The number of piperazine rings is 1. The lowest BCUT2D eigenvalue weighted by molar-refractivity contribution is -0.141. The Morgan fingerprint density at radius 2 is 1.90 bits per heavy atom. The summed E-state index contributed by atoms with van der Waals surface area (Å²) in [5.41, 5.74) is 0.903. The zero-order valence-corrected chi connectivity index (χ0v) is 12.6. The van der Waals surface area contributed by atoms with E-state index in [1.54, 1.807) is 24.0 Å². The van der Waals surface area contributed by atoms with E-state index in [2.05, 4.69) is 4.90 Å². The quantitative estimate of drug-likeness (QED) is 0.845. The van der Waals surface area contributed by atoms with Gasteiger partial charge in [0, 0.05) is 45.0 Å². The summed E-state index contributed by atoms with van der Waals surface area (Å²) in [4.78, 5) is 15.9. The van der Waals surface area contributed by atoms with Crippen molar-refractivity contribution in [2.24, 2.45) is 0 Å². The molecule has 0 radical (unpaired) electrons. The van der Waals surface area contributed by atoms with Gasteiger partial charge in [-0.05, 0) is 19.1 Å². The van der Waals surface area contributed by atoms with Crippen molar-refractivity contribution in [2.75, 3.05) is 45.3 Å². The third-order valence-electron chi connectivity index (χ3n) is 3.79. The summed E-state index contributed by atoms with van der Waals surface area (Å²) in [5, 5.41) is 0. The number of hydrogen-bond donors (Lipinski definition) is 0. The van der Waals surface area contributed by atoms with Crippen LogP contribution in [0.3, 0.4) is 0 Å². The smallest absolute Gasteiger partial charge is 0.251 e. The summed E-state index contributed by atoms with van der Waals surface area (Å²) >= 11 is 0. The molecule has 0 N–H and O–H groups in total. The maximum Gasteiger partial charge on any atom is 0.251 e. The van der Waals surface area contributed by atoms with Gasteiger partial charge in [-0.2, -0.15) is 0 Å². The third-order valence-corrected chi connectivity index (χ3v) is 3.79. The Bertz CT molecular complexity index is 502. The van der Waals surface area contributed by atoms with Crippen LogP contribution in [0.5, 0.6) is 5.75 Å². The molecule has 1 unspecified atom stereocenters. The average Bonchev–Trinajstić information content (AvgIpc) is 2.54. The molecule has 5 nitrogen and oxygen atoms in total. The Labute approximate surface area is 124 Å². The van der Waals surface area contributed by atoms with Crippen molar-refractivity contribution in [3.05, 3.63) is 24.0 Å². The van der Waals surface area contributed by atoms with Crippen molar-refractivity contribution in [1.29, 1.82) is 0 Å². The first-order chi connectivity index (χ1) is 10.1. The molecule has 2 rings (SSSR count). The molecule has 0 bridgehead atoms. The zero-order valence-electron chi connectivity index (χ0n) is 12.6. The van der Waals surface area contributed by atoms with E-state index in [-0.39, 0.29) is 17.5 Å². The summed E-state index contributed by atoms with van der Waals surface area (Å²) in [6, 6.07) is 4.82. The fraction of sp³-hybridized carbons (Fsp3) is 0.533. The molecule has 1 heterocycles. The lowest BCUT2D eigenvalue weighted by Gasteiger charge is -2.37. The number of nitrogens with zero attached hydrogens (tertiary/aromatic N) is 2. The van der Waals surface area contributed by atoms with Crippen LogP contribution >= 0.6 is 0 Å². The topological polar surface area (TPSA) is 42.0 Å². The summed E-state index contributed by atoms with van der Waals surface area (Å²) < 4.78 is 23.5. The minimum Gasteiger partial charge on any atom is -0.494 e. The Balaban J connectivity index is 1.99. The van der Waals surface area contributed by atoms with Crippen LogP contribution in [0.2, 0.25) is 0 Å². The molecule has 116 valence electrons. The second-order valence-electron chi connectivity index (χ2n) is 5.01. The SMILES string of the molecule is COc1cc(N2CCN(C(=O)C(C)OC)CC2)ccc1F. The van der Waals surface area contributed by atoms with Crippen molar-refractivity contribution >= 4 is 11.6 Å². The molecular formula is C15H21FN2O3. The van der Waals surface area contributed by atoms with E-state index >= 15 is 0 Å². The largest absolute Gasteiger partial charge is 0.494 e. The highest BCUT2D eigenvalue weighted by atomic mass is 19.1. The van der Waals surface area contributed by atoms with Crippen molar-refractivity contribution in [2.45, 2.75) is 13.0 Å². The van der Waals surface area contributed by atoms with Crippen LogP contribution < -0.4 is 9.64 Å². The predicted octanol–water partition coefficient (Wildman–Crippen LogP) is 1.52. The van der Waals surface area contributed by atoms with Gasteiger partial charge < -0.3 is 19.3 Å². The van der Waals surface area contributed by atoms with Crippen molar-refractivity contribution in [3.63, 3.8) is 0 Å². The molecule has 1 aromatic carbocycles. The first-order valence-electron chi connectivity index (χ1n) is 6.97. The van der Waals surface area contributed by atoms with Crippen LogP contribution in [0.4, 0.5) is 10.1 Å². The van der Waals surface area contributed by atoms with E-state index < -0.39 is 6.10 Å². The Morgan fingerprint density at radius 1 is 1.24 bits per heavy atom. The molecule has 1 aliphatic rings. The lowest BCUT2D eigenvalue weighted by atomic mass is 10.2. The summed E-state index contributed by atoms with van der Waals surface area (Å²) in [6.07, 6.45) is -0.414. The molecular weight excluding hydrogens is 275 g/mol. The van der Waals surface area contributed by atoms with Crippen LogP contribution in [0, 0.1) is 5.82 Å². The third kappa shape index (κ3) is 3.44. The van der Waals surface area contributed by atoms with Crippen molar-refractivity contribution in [3.8, 4) is 5.75 Å². The number of halogens is 1. The molecule has 6 heteroatoms. The highest BCUT2D eigenvalue weighted by molar-refractivity contribution is 5.80. The van der Waals surface area contributed by atoms with Gasteiger partial charge in [0.25, 0.3) is 5.91 Å². The van der Waals surface area contributed by atoms with E-state index in [0.29, 0.717) is 26.2 Å². The monoisotopic (exact) mass is 296 g/mol. The van der Waals surface area contributed by atoms with Crippen LogP contribution in [0.15, 0.2) is 18.2 Å². The van der Waals surface area contributed by atoms with Gasteiger partial charge in [-0.3, -0.25) is 4.79 Å². The zero-order chi connectivity index (χ0) is 15.4. The van der Waals surface area contributed by atoms with Crippen LogP contribution in [-0.4, -0.2) is 57.3 Å². The van der Waals surface area contributed by atoms with Gasteiger partial charge in [-0.25, -0.2) is 4.39 Å². The second-order valence-corrected chi connectivity index (χ2v) is 5.01. The molecule has 21 heavy (non-hydrogen) atoms. The number of benzene rings is 1. The molecule has 0 saturated carbocycles.